The number of hydrogen-bond acceptors (Lipinski definition) is 4. The first-order valence-electron chi connectivity index (χ1n) is 7.54. The first-order chi connectivity index (χ1) is 10.8. The molecule has 2 aromatic rings. The average Bonchev–Trinajstić information content (AvgIpc) is 2.97. The summed E-state index contributed by atoms with van der Waals surface area (Å²) in [6, 6.07) is 14.3. The Kier molecular flexibility index (Phi) is 4.49. The lowest BCUT2D eigenvalue weighted by Crippen LogP contribution is -2.17. The number of rotatable bonds is 6. The van der Waals surface area contributed by atoms with E-state index in [9.17, 15) is 0 Å². The Morgan fingerprint density at radius 2 is 1.86 bits per heavy atom. The van der Waals surface area contributed by atoms with Crippen LogP contribution in [0.5, 0.6) is 17.2 Å². The Balaban J connectivity index is 1.66. The van der Waals surface area contributed by atoms with Crippen LogP contribution in [0, 0.1) is 0 Å². The van der Waals surface area contributed by atoms with Crippen molar-refractivity contribution in [3.63, 3.8) is 0 Å². The third-order valence-electron chi connectivity index (χ3n) is 3.60. The molecule has 0 unspecified atom stereocenters. The summed E-state index contributed by atoms with van der Waals surface area (Å²) in [6.45, 7) is 4.69. The maximum absolute atomic E-state index is 5.69. The Morgan fingerprint density at radius 3 is 2.73 bits per heavy atom. The second-order valence-corrected chi connectivity index (χ2v) is 5.40. The molecule has 4 nitrogen and oxygen atoms in total. The highest BCUT2D eigenvalue weighted by molar-refractivity contribution is 5.44. The van der Waals surface area contributed by atoms with Crippen LogP contribution in [0.15, 0.2) is 42.5 Å². The van der Waals surface area contributed by atoms with E-state index < -0.39 is 0 Å². The highest BCUT2D eigenvalue weighted by atomic mass is 16.7. The highest BCUT2D eigenvalue weighted by Crippen LogP contribution is 2.32. The fourth-order valence-electron chi connectivity index (χ4n) is 2.63. The summed E-state index contributed by atoms with van der Waals surface area (Å²) >= 11 is 0. The third-order valence-corrected chi connectivity index (χ3v) is 3.60. The number of ether oxygens (including phenoxy) is 3. The third kappa shape index (κ3) is 3.34. The van der Waals surface area contributed by atoms with Gasteiger partial charge in [-0.3, -0.25) is 4.90 Å². The molecule has 1 heterocycles. The van der Waals surface area contributed by atoms with Crippen LogP contribution >= 0.6 is 0 Å². The molecule has 0 spiro atoms. The molecule has 0 fully saturated rings. The first kappa shape index (κ1) is 14.7. The van der Waals surface area contributed by atoms with E-state index in [1.165, 1.54) is 11.1 Å². The number of nitrogens with zero attached hydrogens (tertiary/aromatic N) is 1. The molecule has 1 aliphatic heterocycles. The van der Waals surface area contributed by atoms with Gasteiger partial charge in [0.25, 0.3) is 0 Å². The van der Waals surface area contributed by atoms with E-state index in [0.29, 0.717) is 13.4 Å². The summed E-state index contributed by atoms with van der Waals surface area (Å²) in [5.41, 5.74) is 2.41. The van der Waals surface area contributed by atoms with Crippen LogP contribution in [0.2, 0.25) is 0 Å². The fraction of sp³-hybridized carbons (Fsp3) is 0.333. The normalized spacial score (nSPS) is 12.7. The lowest BCUT2D eigenvalue weighted by Gasteiger charge is -2.19. The van der Waals surface area contributed by atoms with Crippen molar-refractivity contribution >= 4 is 0 Å². The van der Waals surface area contributed by atoms with Gasteiger partial charge in [0.15, 0.2) is 11.5 Å². The van der Waals surface area contributed by atoms with Crippen molar-refractivity contribution in [1.82, 2.24) is 4.90 Å². The van der Waals surface area contributed by atoms with Crippen molar-refractivity contribution in [2.45, 2.75) is 20.0 Å². The molecule has 1 aliphatic rings. The van der Waals surface area contributed by atoms with E-state index in [4.69, 9.17) is 14.2 Å². The molecule has 0 aliphatic carbocycles. The van der Waals surface area contributed by atoms with Gasteiger partial charge in [-0.1, -0.05) is 24.3 Å². The van der Waals surface area contributed by atoms with E-state index in [2.05, 4.69) is 24.1 Å². The van der Waals surface area contributed by atoms with Crippen LogP contribution in [0.1, 0.15) is 18.1 Å². The molecule has 0 N–H and O–H groups in total. The van der Waals surface area contributed by atoms with Crippen molar-refractivity contribution in [2.24, 2.45) is 0 Å². The molecule has 2 aromatic carbocycles. The van der Waals surface area contributed by atoms with E-state index in [-0.39, 0.29) is 0 Å². The topological polar surface area (TPSA) is 30.9 Å². The van der Waals surface area contributed by atoms with E-state index in [1.54, 1.807) is 0 Å². The number of para-hydroxylation sites is 1. The molecule has 0 atom stereocenters. The van der Waals surface area contributed by atoms with Gasteiger partial charge in [-0.15, -0.1) is 0 Å². The minimum Gasteiger partial charge on any atom is -0.494 e. The van der Waals surface area contributed by atoms with Crippen molar-refractivity contribution in [2.75, 3.05) is 20.4 Å². The lowest BCUT2D eigenvalue weighted by atomic mass is 10.1. The van der Waals surface area contributed by atoms with Crippen molar-refractivity contribution in [1.29, 1.82) is 0 Å². The molecule has 0 radical (unpaired) electrons. The van der Waals surface area contributed by atoms with Crippen molar-refractivity contribution in [3.05, 3.63) is 53.6 Å². The summed E-state index contributed by atoms with van der Waals surface area (Å²) < 4.78 is 16.5. The van der Waals surface area contributed by atoms with Crippen molar-refractivity contribution in [3.8, 4) is 17.2 Å². The van der Waals surface area contributed by atoms with E-state index >= 15 is 0 Å². The second kappa shape index (κ2) is 6.71. The molecular formula is C18H21NO3. The van der Waals surface area contributed by atoms with Crippen LogP contribution in [0.25, 0.3) is 0 Å². The van der Waals surface area contributed by atoms with Crippen LogP contribution in [0.3, 0.4) is 0 Å². The predicted molar refractivity (Wildman–Crippen MR) is 85.3 cm³/mol. The van der Waals surface area contributed by atoms with Crippen LogP contribution in [-0.4, -0.2) is 25.3 Å². The Morgan fingerprint density at radius 1 is 1.05 bits per heavy atom. The molecule has 22 heavy (non-hydrogen) atoms. The van der Waals surface area contributed by atoms with Crippen molar-refractivity contribution < 1.29 is 14.2 Å². The van der Waals surface area contributed by atoms with Gasteiger partial charge in [0.2, 0.25) is 6.79 Å². The zero-order chi connectivity index (χ0) is 15.4. The molecule has 0 bridgehead atoms. The van der Waals surface area contributed by atoms with Gasteiger partial charge in [0, 0.05) is 18.7 Å². The Bertz CT molecular complexity index is 642. The zero-order valence-electron chi connectivity index (χ0n) is 13.0. The molecule has 0 amide bonds. The van der Waals surface area contributed by atoms with Crippen LogP contribution in [-0.2, 0) is 13.1 Å². The van der Waals surface area contributed by atoms with Gasteiger partial charge in [-0.05, 0) is 37.7 Å². The van der Waals surface area contributed by atoms with Gasteiger partial charge < -0.3 is 14.2 Å². The van der Waals surface area contributed by atoms with E-state index in [1.807, 2.05) is 37.3 Å². The Hall–Kier alpha value is -2.20. The van der Waals surface area contributed by atoms with Gasteiger partial charge in [0.05, 0.1) is 6.61 Å². The molecule has 0 saturated carbocycles. The smallest absolute Gasteiger partial charge is 0.231 e. The molecule has 116 valence electrons. The summed E-state index contributed by atoms with van der Waals surface area (Å²) in [7, 11) is 2.10. The summed E-state index contributed by atoms with van der Waals surface area (Å²) in [5.74, 6) is 2.62. The Labute approximate surface area is 131 Å². The molecule has 4 heteroatoms. The van der Waals surface area contributed by atoms with Gasteiger partial charge >= 0.3 is 0 Å². The minimum absolute atomic E-state index is 0.316. The largest absolute Gasteiger partial charge is 0.494 e. The standard InChI is InChI=1S/C18H21NO3/c1-3-20-16-7-5-4-6-15(16)12-19(2)11-14-8-9-17-18(10-14)22-13-21-17/h4-10H,3,11-13H2,1-2H3. The molecule has 0 aromatic heterocycles. The molecular weight excluding hydrogens is 278 g/mol. The SMILES string of the molecule is CCOc1ccccc1CN(C)Cc1ccc2c(c1)OCO2. The number of hydrogen-bond donors (Lipinski definition) is 0. The fourth-order valence-corrected chi connectivity index (χ4v) is 2.63. The monoisotopic (exact) mass is 299 g/mol. The summed E-state index contributed by atoms with van der Waals surface area (Å²) in [4.78, 5) is 2.26. The van der Waals surface area contributed by atoms with Crippen LogP contribution in [0.4, 0.5) is 0 Å². The highest BCUT2D eigenvalue weighted by Gasteiger charge is 2.14. The van der Waals surface area contributed by atoms with Crippen LogP contribution < -0.4 is 14.2 Å². The number of benzene rings is 2. The average molecular weight is 299 g/mol. The van der Waals surface area contributed by atoms with Gasteiger partial charge in [-0.25, -0.2) is 0 Å². The van der Waals surface area contributed by atoms with Gasteiger partial charge in [0.1, 0.15) is 5.75 Å². The van der Waals surface area contributed by atoms with E-state index in [0.717, 1.165) is 30.3 Å². The maximum Gasteiger partial charge on any atom is 0.231 e. The van der Waals surface area contributed by atoms with Gasteiger partial charge in [-0.2, -0.15) is 0 Å². The predicted octanol–water partition coefficient (Wildman–Crippen LogP) is 3.45. The quantitative estimate of drug-likeness (QED) is 0.817. The second-order valence-electron chi connectivity index (χ2n) is 5.40. The lowest BCUT2D eigenvalue weighted by molar-refractivity contribution is 0.174. The minimum atomic E-state index is 0.316. The maximum atomic E-state index is 5.69. The zero-order valence-corrected chi connectivity index (χ0v) is 13.0. The molecule has 0 saturated heterocycles. The summed E-state index contributed by atoms with van der Waals surface area (Å²) in [6.07, 6.45) is 0. The number of fused-ring (bicyclic) bond motifs is 1. The summed E-state index contributed by atoms with van der Waals surface area (Å²) in [5, 5.41) is 0. The molecule has 3 rings (SSSR count). The first-order valence-corrected chi connectivity index (χ1v) is 7.54.